The molecule has 2 amide bonds. The van der Waals surface area contributed by atoms with Crippen molar-refractivity contribution in [2.45, 2.75) is 18.4 Å². The number of fused-ring (bicyclic) bond motifs is 3. The summed E-state index contributed by atoms with van der Waals surface area (Å²) in [6.45, 7) is -0.526. The number of hydrogen-bond donors (Lipinski definition) is 3. The summed E-state index contributed by atoms with van der Waals surface area (Å²) in [6.07, 6.45) is -5.27. The number of carbonyl (C=O) groups excluding carboxylic acids is 2. The minimum atomic E-state index is -5.27. The number of amides is 2. The lowest BCUT2D eigenvalue weighted by atomic mass is 10.1. The molecule has 0 saturated heterocycles. The molecule has 1 aliphatic heterocycles. The van der Waals surface area contributed by atoms with Crippen molar-refractivity contribution in [3.8, 4) is 0 Å². The van der Waals surface area contributed by atoms with Crippen molar-refractivity contribution in [3.63, 3.8) is 0 Å². The van der Waals surface area contributed by atoms with Crippen LogP contribution in [0.15, 0.2) is 30.3 Å². The fourth-order valence-corrected chi connectivity index (χ4v) is 3.47. The van der Waals surface area contributed by atoms with Crippen LogP contribution in [0.5, 0.6) is 0 Å². The molecule has 0 saturated carbocycles. The first kappa shape index (κ1) is 20.4. The summed E-state index contributed by atoms with van der Waals surface area (Å²) in [4.78, 5) is 32.9. The second-order valence-electron chi connectivity index (χ2n) is 6.31. The number of aliphatic hydroxyl groups is 1. The lowest BCUT2D eigenvalue weighted by Crippen LogP contribution is -2.63. The van der Waals surface area contributed by atoms with Gasteiger partial charge >= 0.3 is 6.18 Å². The molecule has 0 radical (unpaired) electrons. The Kier molecular flexibility index (Phi) is 4.64. The van der Waals surface area contributed by atoms with Crippen LogP contribution in [-0.2, 0) is 17.1 Å². The Morgan fingerprint density at radius 3 is 2.60 bits per heavy atom. The van der Waals surface area contributed by atoms with E-state index in [1.807, 2.05) is 5.32 Å². The first-order valence-electron chi connectivity index (χ1n) is 8.24. The van der Waals surface area contributed by atoms with Crippen LogP contribution in [0.25, 0.3) is 11.0 Å². The molecular formula is C17H10Cl2F3N5O3. The van der Waals surface area contributed by atoms with Gasteiger partial charge in [-0.2, -0.15) is 13.2 Å². The van der Waals surface area contributed by atoms with E-state index in [-0.39, 0.29) is 26.8 Å². The monoisotopic (exact) mass is 459 g/mol. The summed E-state index contributed by atoms with van der Waals surface area (Å²) in [6, 6.07) is 6.22. The molecule has 1 unspecified atom stereocenters. The highest BCUT2D eigenvalue weighted by Crippen LogP contribution is 2.45. The standard InChI is InChI=1S/C17H10Cl2F3N5O3/c18-8-4-11-12(5-9(8)19)27-15(24-11)25-14(30)16(27,17(20,21)22)26-13(29)10-3-1-2-7(6-28)23-10/h1-5,28H,6H2,(H,26,29)(H,24,25,30). The maximum Gasteiger partial charge on any atom is 0.440 e. The third-order valence-electron chi connectivity index (χ3n) is 4.49. The zero-order chi connectivity index (χ0) is 21.8. The molecule has 0 fully saturated rings. The Morgan fingerprint density at radius 2 is 1.93 bits per heavy atom. The molecule has 3 heterocycles. The Balaban J connectivity index is 1.91. The molecule has 8 nitrogen and oxygen atoms in total. The van der Waals surface area contributed by atoms with Gasteiger partial charge in [0, 0.05) is 0 Å². The number of nitrogens with zero attached hydrogens (tertiary/aromatic N) is 3. The SMILES string of the molecule is O=C(NC1(C(F)(F)F)C(=O)Nc2nc3cc(Cl)c(Cl)cc3n21)c1cccc(CO)n1. The predicted molar refractivity (Wildman–Crippen MR) is 100 cm³/mol. The van der Waals surface area contributed by atoms with Crippen LogP contribution in [0.2, 0.25) is 10.0 Å². The molecule has 0 spiro atoms. The number of anilines is 1. The van der Waals surface area contributed by atoms with E-state index in [1.165, 1.54) is 18.2 Å². The average molecular weight is 460 g/mol. The van der Waals surface area contributed by atoms with Gasteiger partial charge < -0.3 is 10.4 Å². The number of pyridine rings is 1. The minimum Gasteiger partial charge on any atom is -0.390 e. The molecule has 0 aliphatic carbocycles. The molecule has 0 bridgehead atoms. The van der Waals surface area contributed by atoms with Crippen molar-refractivity contribution in [3.05, 3.63) is 51.8 Å². The Bertz CT molecular complexity index is 1210. The van der Waals surface area contributed by atoms with E-state index in [0.29, 0.717) is 4.57 Å². The van der Waals surface area contributed by atoms with Crippen LogP contribution in [0, 0.1) is 0 Å². The van der Waals surface area contributed by atoms with Crippen LogP contribution in [0.3, 0.4) is 0 Å². The predicted octanol–water partition coefficient (Wildman–Crippen LogP) is 2.83. The largest absolute Gasteiger partial charge is 0.440 e. The van der Waals surface area contributed by atoms with Crippen LogP contribution in [0.4, 0.5) is 19.1 Å². The lowest BCUT2D eigenvalue weighted by Gasteiger charge is -2.31. The number of hydrogen-bond acceptors (Lipinski definition) is 5. The van der Waals surface area contributed by atoms with Gasteiger partial charge in [0.2, 0.25) is 5.95 Å². The zero-order valence-corrected chi connectivity index (χ0v) is 16.1. The molecule has 3 N–H and O–H groups in total. The van der Waals surface area contributed by atoms with E-state index in [9.17, 15) is 22.8 Å². The van der Waals surface area contributed by atoms with Gasteiger partial charge in [0.15, 0.2) is 0 Å². The van der Waals surface area contributed by atoms with Crippen molar-refractivity contribution in [1.29, 1.82) is 0 Å². The molecule has 13 heteroatoms. The summed E-state index contributed by atoms with van der Waals surface area (Å²) in [5.41, 5.74) is -4.01. The molecule has 2 aromatic heterocycles. The second-order valence-corrected chi connectivity index (χ2v) is 7.13. The van der Waals surface area contributed by atoms with Gasteiger partial charge in [0.1, 0.15) is 5.69 Å². The first-order valence-corrected chi connectivity index (χ1v) is 8.99. The Hall–Kier alpha value is -2.89. The number of imidazole rings is 1. The highest BCUT2D eigenvalue weighted by molar-refractivity contribution is 6.42. The molecule has 1 aromatic carbocycles. The topological polar surface area (TPSA) is 109 Å². The van der Waals surface area contributed by atoms with E-state index in [4.69, 9.17) is 28.3 Å². The fraction of sp³-hybridized carbons (Fsp3) is 0.176. The normalized spacial score (nSPS) is 18.4. The van der Waals surface area contributed by atoms with E-state index in [1.54, 1.807) is 5.32 Å². The summed E-state index contributed by atoms with van der Waals surface area (Å²) in [7, 11) is 0. The fourth-order valence-electron chi connectivity index (χ4n) is 3.15. The number of aliphatic hydroxyl groups excluding tert-OH is 1. The highest BCUT2D eigenvalue weighted by atomic mass is 35.5. The summed E-state index contributed by atoms with van der Waals surface area (Å²) >= 11 is 11.8. The van der Waals surface area contributed by atoms with Gasteiger partial charge in [-0.25, -0.2) is 9.97 Å². The summed E-state index contributed by atoms with van der Waals surface area (Å²) < 4.78 is 43.4. The quantitative estimate of drug-likeness (QED) is 0.557. The van der Waals surface area contributed by atoms with Crippen LogP contribution < -0.4 is 10.6 Å². The third kappa shape index (κ3) is 2.89. The Morgan fingerprint density at radius 1 is 1.23 bits per heavy atom. The van der Waals surface area contributed by atoms with Gasteiger partial charge in [0.05, 0.1) is 33.4 Å². The van der Waals surface area contributed by atoms with Gasteiger partial charge in [0.25, 0.3) is 17.5 Å². The van der Waals surface area contributed by atoms with Crippen LogP contribution >= 0.6 is 23.2 Å². The molecule has 3 aromatic rings. The number of halogens is 5. The number of nitrogens with one attached hydrogen (secondary N) is 2. The van der Waals surface area contributed by atoms with Gasteiger partial charge in [-0.05, 0) is 24.3 Å². The highest BCUT2D eigenvalue weighted by Gasteiger charge is 2.67. The van der Waals surface area contributed by atoms with Crippen molar-refractivity contribution in [1.82, 2.24) is 19.9 Å². The molecule has 1 aliphatic rings. The van der Waals surface area contributed by atoms with Crippen molar-refractivity contribution in [2.24, 2.45) is 0 Å². The summed E-state index contributed by atoms with van der Waals surface area (Å²) in [5, 5.41) is 12.9. The van der Waals surface area contributed by atoms with Crippen molar-refractivity contribution < 1.29 is 27.9 Å². The molecule has 1 atom stereocenters. The van der Waals surface area contributed by atoms with E-state index >= 15 is 0 Å². The van der Waals surface area contributed by atoms with Crippen molar-refractivity contribution >= 4 is 52.0 Å². The zero-order valence-electron chi connectivity index (χ0n) is 14.6. The van der Waals surface area contributed by atoms with Crippen LogP contribution in [-0.4, -0.2) is 37.6 Å². The van der Waals surface area contributed by atoms with E-state index in [2.05, 4.69) is 9.97 Å². The Labute approximate surface area is 175 Å². The van der Waals surface area contributed by atoms with E-state index in [0.717, 1.165) is 12.1 Å². The van der Waals surface area contributed by atoms with E-state index < -0.39 is 41.9 Å². The third-order valence-corrected chi connectivity index (χ3v) is 5.21. The maximum absolute atomic E-state index is 14.3. The van der Waals surface area contributed by atoms with Crippen molar-refractivity contribution in [2.75, 3.05) is 5.32 Å². The molecule has 4 rings (SSSR count). The number of alkyl halides is 3. The minimum absolute atomic E-state index is 0.0303. The number of benzene rings is 1. The number of aromatic nitrogens is 3. The number of carbonyl (C=O) groups is 2. The average Bonchev–Trinajstić information content (AvgIpc) is 3.15. The molecular weight excluding hydrogens is 450 g/mol. The second kappa shape index (κ2) is 6.83. The van der Waals surface area contributed by atoms with Gasteiger partial charge in [-0.15, -0.1) is 0 Å². The van der Waals surface area contributed by atoms with Gasteiger partial charge in [-0.1, -0.05) is 29.3 Å². The first-order chi connectivity index (χ1) is 14.1. The maximum atomic E-state index is 14.3. The number of rotatable bonds is 3. The molecule has 156 valence electrons. The van der Waals surface area contributed by atoms with Crippen LogP contribution in [0.1, 0.15) is 16.2 Å². The molecule has 30 heavy (non-hydrogen) atoms. The summed E-state index contributed by atoms with van der Waals surface area (Å²) in [5.74, 6) is -3.28. The van der Waals surface area contributed by atoms with Gasteiger partial charge in [-0.3, -0.25) is 19.5 Å². The smallest absolute Gasteiger partial charge is 0.390 e. The lowest BCUT2D eigenvalue weighted by molar-refractivity contribution is -0.213.